The van der Waals surface area contributed by atoms with Gasteiger partial charge in [0.1, 0.15) is 11.6 Å². The van der Waals surface area contributed by atoms with Gasteiger partial charge < -0.3 is 8.94 Å². The van der Waals surface area contributed by atoms with Crippen LogP contribution in [-0.2, 0) is 0 Å². The number of rotatable bonds is 3. The first-order chi connectivity index (χ1) is 10.1. The molecule has 2 aromatic heterocycles. The summed E-state index contributed by atoms with van der Waals surface area (Å²) in [5.74, 6) is -2.48. The number of halogens is 2. The first-order valence-electron chi connectivity index (χ1n) is 5.64. The van der Waals surface area contributed by atoms with Crippen LogP contribution in [0.2, 0.25) is 0 Å². The molecule has 1 amide bonds. The monoisotopic (exact) mass is 292 g/mol. The zero-order valence-corrected chi connectivity index (χ0v) is 10.2. The largest absolute Gasteiger partial charge is 0.403 e. The summed E-state index contributed by atoms with van der Waals surface area (Å²) >= 11 is 0. The van der Waals surface area contributed by atoms with Gasteiger partial charge in [-0.3, -0.25) is 10.1 Å². The molecule has 106 valence electrons. The van der Waals surface area contributed by atoms with Crippen LogP contribution in [0.5, 0.6) is 0 Å². The van der Waals surface area contributed by atoms with Crippen LogP contribution >= 0.6 is 0 Å². The molecule has 0 atom stereocenters. The number of nitrogens with one attached hydrogen (secondary N) is 1. The molecule has 0 saturated carbocycles. The zero-order valence-electron chi connectivity index (χ0n) is 10.2. The van der Waals surface area contributed by atoms with Gasteiger partial charge in [-0.1, -0.05) is 10.3 Å². The molecule has 0 aliphatic heterocycles. The summed E-state index contributed by atoms with van der Waals surface area (Å²) in [7, 11) is 0. The number of amides is 1. The standard InChI is InChI=1S/C12H6F2N4O3/c13-6-1-2-7(8(14)5-6)11-17-18-12(20-11)16-10(19)9-3-4-15-21-9/h1-5H,(H,16,18,19). The van der Waals surface area contributed by atoms with E-state index in [9.17, 15) is 13.6 Å². The molecule has 0 spiro atoms. The Morgan fingerprint density at radius 1 is 1.19 bits per heavy atom. The Morgan fingerprint density at radius 3 is 2.76 bits per heavy atom. The summed E-state index contributed by atoms with van der Waals surface area (Å²) < 4.78 is 36.1. The minimum absolute atomic E-state index is 0.0530. The second-order valence-electron chi connectivity index (χ2n) is 3.87. The van der Waals surface area contributed by atoms with Gasteiger partial charge in [0.2, 0.25) is 5.76 Å². The second-order valence-corrected chi connectivity index (χ2v) is 3.87. The Hall–Kier alpha value is -3.10. The molecule has 9 heteroatoms. The zero-order chi connectivity index (χ0) is 14.8. The van der Waals surface area contributed by atoms with Gasteiger partial charge in [-0.25, -0.2) is 8.78 Å². The average molecular weight is 292 g/mol. The van der Waals surface area contributed by atoms with Crippen molar-refractivity contribution >= 4 is 11.9 Å². The number of hydrogen-bond donors (Lipinski definition) is 1. The molecule has 0 unspecified atom stereocenters. The van der Waals surface area contributed by atoms with Gasteiger partial charge in [0.25, 0.3) is 11.8 Å². The Labute approximate surface area is 115 Å². The van der Waals surface area contributed by atoms with E-state index in [4.69, 9.17) is 4.42 Å². The van der Waals surface area contributed by atoms with Crippen LogP contribution in [-0.4, -0.2) is 21.3 Å². The Morgan fingerprint density at radius 2 is 2.05 bits per heavy atom. The van der Waals surface area contributed by atoms with E-state index in [-0.39, 0.29) is 23.2 Å². The molecule has 0 radical (unpaired) electrons. The minimum Gasteiger partial charge on any atom is -0.403 e. The maximum absolute atomic E-state index is 13.6. The van der Waals surface area contributed by atoms with Crippen molar-refractivity contribution in [3.05, 3.63) is 47.9 Å². The second kappa shape index (κ2) is 5.12. The first kappa shape index (κ1) is 12.9. The van der Waals surface area contributed by atoms with Crippen LogP contribution in [0.1, 0.15) is 10.6 Å². The molecule has 1 N–H and O–H groups in total. The summed E-state index contributed by atoms with van der Waals surface area (Å²) in [5.41, 5.74) is -0.0796. The van der Waals surface area contributed by atoms with Crippen LogP contribution in [0, 0.1) is 11.6 Å². The highest BCUT2D eigenvalue weighted by Gasteiger charge is 2.17. The highest BCUT2D eigenvalue weighted by molar-refractivity contribution is 6.00. The molecule has 3 rings (SSSR count). The van der Waals surface area contributed by atoms with Crippen molar-refractivity contribution in [1.29, 1.82) is 0 Å². The van der Waals surface area contributed by atoms with Crippen LogP contribution < -0.4 is 5.32 Å². The minimum atomic E-state index is -0.855. The van der Waals surface area contributed by atoms with Gasteiger partial charge in [0, 0.05) is 12.1 Å². The number of anilines is 1. The third-order valence-corrected chi connectivity index (χ3v) is 2.47. The Kier molecular flexibility index (Phi) is 3.14. The predicted molar refractivity (Wildman–Crippen MR) is 64.1 cm³/mol. The number of nitrogens with zero attached hydrogens (tertiary/aromatic N) is 3. The number of benzene rings is 1. The smallest absolute Gasteiger partial charge is 0.322 e. The van der Waals surface area contributed by atoms with Gasteiger partial charge in [-0.2, -0.15) is 0 Å². The fraction of sp³-hybridized carbons (Fsp3) is 0. The number of aromatic nitrogens is 3. The topological polar surface area (TPSA) is 94.1 Å². The SMILES string of the molecule is O=C(Nc1nnc(-c2ccc(F)cc2F)o1)c1ccno1. The van der Waals surface area contributed by atoms with E-state index in [0.717, 1.165) is 12.1 Å². The van der Waals surface area contributed by atoms with Crippen molar-refractivity contribution in [2.24, 2.45) is 0 Å². The molecule has 0 saturated heterocycles. The normalized spacial score (nSPS) is 10.6. The summed E-state index contributed by atoms with van der Waals surface area (Å²) in [6.45, 7) is 0. The van der Waals surface area contributed by atoms with Crippen LogP contribution in [0.3, 0.4) is 0 Å². The Balaban J connectivity index is 1.82. The summed E-state index contributed by atoms with van der Waals surface area (Å²) in [5, 5.41) is 12.7. The number of carbonyl (C=O) groups is 1. The predicted octanol–water partition coefficient (Wildman–Crippen LogP) is 2.26. The van der Waals surface area contributed by atoms with Crippen LogP contribution in [0.4, 0.5) is 14.8 Å². The molecular formula is C12H6F2N4O3. The van der Waals surface area contributed by atoms with E-state index in [1.54, 1.807) is 0 Å². The summed E-state index contributed by atoms with van der Waals surface area (Å²) in [6, 6.07) is 3.98. The van der Waals surface area contributed by atoms with Gasteiger partial charge >= 0.3 is 6.01 Å². The highest BCUT2D eigenvalue weighted by Crippen LogP contribution is 2.23. The lowest BCUT2D eigenvalue weighted by Crippen LogP contribution is -2.11. The van der Waals surface area contributed by atoms with Crippen molar-refractivity contribution in [2.45, 2.75) is 0 Å². The van der Waals surface area contributed by atoms with E-state index in [1.807, 2.05) is 0 Å². The molecule has 1 aromatic carbocycles. The summed E-state index contributed by atoms with van der Waals surface area (Å²) in [4.78, 5) is 11.6. The first-order valence-corrected chi connectivity index (χ1v) is 5.64. The van der Waals surface area contributed by atoms with E-state index in [1.165, 1.54) is 12.3 Å². The lowest BCUT2D eigenvalue weighted by atomic mass is 10.2. The fourth-order valence-corrected chi connectivity index (χ4v) is 1.54. The highest BCUT2D eigenvalue weighted by atomic mass is 19.1. The number of hydrogen-bond acceptors (Lipinski definition) is 6. The van der Waals surface area contributed by atoms with E-state index >= 15 is 0 Å². The van der Waals surface area contributed by atoms with Crippen molar-refractivity contribution in [2.75, 3.05) is 5.32 Å². The van der Waals surface area contributed by atoms with Crippen molar-refractivity contribution in [1.82, 2.24) is 15.4 Å². The van der Waals surface area contributed by atoms with E-state index in [0.29, 0.717) is 6.07 Å². The molecule has 3 aromatic rings. The van der Waals surface area contributed by atoms with E-state index in [2.05, 4.69) is 25.2 Å². The van der Waals surface area contributed by atoms with Crippen LogP contribution in [0.15, 0.2) is 39.4 Å². The third kappa shape index (κ3) is 2.61. The molecule has 21 heavy (non-hydrogen) atoms. The summed E-state index contributed by atoms with van der Waals surface area (Å²) in [6.07, 6.45) is 1.29. The molecule has 0 aliphatic carbocycles. The molecule has 0 fully saturated rings. The van der Waals surface area contributed by atoms with Crippen LogP contribution in [0.25, 0.3) is 11.5 Å². The number of carbonyl (C=O) groups excluding carboxylic acids is 1. The molecule has 7 nitrogen and oxygen atoms in total. The van der Waals surface area contributed by atoms with Crippen molar-refractivity contribution in [3.63, 3.8) is 0 Å². The molecule has 2 heterocycles. The van der Waals surface area contributed by atoms with Gasteiger partial charge in [-0.15, -0.1) is 5.10 Å². The van der Waals surface area contributed by atoms with Gasteiger partial charge in [0.05, 0.1) is 11.8 Å². The van der Waals surface area contributed by atoms with Gasteiger partial charge in [-0.05, 0) is 12.1 Å². The lowest BCUT2D eigenvalue weighted by molar-refractivity contribution is 0.0985. The van der Waals surface area contributed by atoms with Crippen molar-refractivity contribution < 1.29 is 22.5 Å². The molecular weight excluding hydrogens is 286 g/mol. The fourth-order valence-electron chi connectivity index (χ4n) is 1.54. The van der Waals surface area contributed by atoms with E-state index < -0.39 is 17.5 Å². The Bertz CT molecular complexity index is 786. The average Bonchev–Trinajstić information content (AvgIpc) is 3.09. The quantitative estimate of drug-likeness (QED) is 0.795. The lowest BCUT2D eigenvalue weighted by Gasteiger charge is -1.97. The maximum Gasteiger partial charge on any atom is 0.322 e. The van der Waals surface area contributed by atoms with Crippen molar-refractivity contribution in [3.8, 4) is 11.5 Å². The third-order valence-electron chi connectivity index (χ3n) is 2.47. The molecule has 0 bridgehead atoms. The maximum atomic E-state index is 13.6. The van der Waals surface area contributed by atoms with Gasteiger partial charge in [0.15, 0.2) is 0 Å². The molecule has 0 aliphatic rings.